The number of hydrogen-bond donors (Lipinski definition) is 5. The van der Waals surface area contributed by atoms with E-state index in [1.165, 1.54) is 6.08 Å². The largest absolute Gasteiger partial charge is 0.460 e. The second-order valence-electron chi connectivity index (χ2n) is 19.2. The molecule has 0 aromatic heterocycles. The number of carbonyl (C=O) groups excluding carboxylic acids is 5. The van der Waals surface area contributed by atoms with Crippen molar-refractivity contribution in [3.8, 4) is 0 Å². The summed E-state index contributed by atoms with van der Waals surface area (Å²) in [5.41, 5.74) is 0.841. The van der Waals surface area contributed by atoms with Crippen molar-refractivity contribution in [2.45, 2.75) is 180 Å². The Morgan fingerprint density at radius 2 is 1.57 bits per heavy atom. The van der Waals surface area contributed by atoms with Gasteiger partial charge < -0.3 is 44.6 Å². The van der Waals surface area contributed by atoms with E-state index in [1.54, 1.807) is 60.0 Å². The summed E-state index contributed by atoms with van der Waals surface area (Å²) in [4.78, 5) is 70.9. The van der Waals surface area contributed by atoms with Crippen molar-refractivity contribution in [3.63, 3.8) is 0 Å². The van der Waals surface area contributed by atoms with Crippen molar-refractivity contribution >= 4 is 29.2 Å². The number of methoxy groups -OCH3 is 1. The SMILES string of the molecule is CO[C@@H]1C[C@H](C[C@@H](C)[C@@H]2CC(=O)[C@H](C)/C=C(\C)[C@@H](O)[C@@H](O)C(=O)[C@H](C)C[C@H](C)/C=C/C=C/C=C(\C)[C@@H](O)C[C@@H]3CC[C@@H](C)[C@@](O)(O3)C(=O)C(=O)N3CCCCC3C(=O)O2)CC[C@H]1O. The van der Waals surface area contributed by atoms with Crippen LogP contribution in [-0.2, 0) is 38.2 Å². The average Bonchev–Trinajstić information content (AvgIpc) is 3.25. The summed E-state index contributed by atoms with van der Waals surface area (Å²) in [6.45, 7) is 12.1. The molecule has 14 heteroatoms. The lowest BCUT2D eigenvalue weighted by Crippen LogP contribution is -2.61. The van der Waals surface area contributed by atoms with Crippen LogP contribution in [0.1, 0.15) is 126 Å². The number of allylic oxidation sites excluding steroid dienone is 6. The number of aliphatic hydroxyl groups is 5. The number of amides is 1. The first kappa shape index (κ1) is 52.3. The molecule has 5 N–H and O–H groups in total. The number of ether oxygens (including phenoxy) is 3. The van der Waals surface area contributed by atoms with Gasteiger partial charge in [-0.2, -0.15) is 0 Å². The number of rotatable bonds is 4. The molecule has 3 aliphatic heterocycles. The molecule has 1 saturated carbocycles. The summed E-state index contributed by atoms with van der Waals surface area (Å²) in [6, 6.07) is -1.17. The lowest BCUT2D eigenvalue weighted by molar-refractivity contribution is -0.265. The molecule has 4 aliphatic rings. The number of fused-ring (bicyclic) bond motifs is 3. The average molecular weight is 886 g/mol. The summed E-state index contributed by atoms with van der Waals surface area (Å²) < 4.78 is 17.7. The Kier molecular flexibility index (Phi) is 19.7. The number of aliphatic hydroxyl groups excluding tert-OH is 4. The fraction of sp³-hybridized carbons (Fsp3) is 0.735. The Morgan fingerprint density at radius 3 is 2.27 bits per heavy atom. The minimum absolute atomic E-state index is 0.0566. The molecular weight excluding hydrogens is 811 g/mol. The molecule has 0 spiro atoms. The Balaban J connectivity index is 1.67. The van der Waals surface area contributed by atoms with E-state index in [0.29, 0.717) is 63.4 Å². The molecular formula is C49H75NO13. The van der Waals surface area contributed by atoms with Crippen LogP contribution in [0.5, 0.6) is 0 Å². The van der Waals surface area contributed by atoms with Gasteiger partial charge in [-0.3, -0.25) is 19.2 Å². The van der Waals surface area contributed by atoms with Crippen LogP contribution < -0.4 is 0 Å². The highest BCUT2D eigenvalue weighted by molar-refractivity contribution is 6.39. The Hall–Kier alpha value is -3.37. The zero-order valence-electron chi connectivity index (χ0n) is 38.7. The van der Waals surface area contributed by atoms with E-state index in [-0.39, 0.29) is 61.0 Å². The molecule has 0 aromatic rings. The fourth-order valence-electron chi connectivity index (χ4n) is 9.62. The van der Waals surface area contributed by atoms with Gasteiger partial charge in [0.2, 0.25) is 5.79 Å². The van der Waals surface area contributed by atoms with Crippen molar-refractivity contribution in [3.05, 3.63) is 47.6 Å². The first-order valence-corrected chi connectivity index (χ1v) is 23.2. The van der Waals surface area contributed by atoms with Crippen LogP contribution in [0.15, 0.2) is 47.6 Å². The third-order valence-electron chi connectivity index (χ3n) is 14.0. The van der Waals surface area contributed by atoms with E-state index in [2.05, 4.69) is 0 Å². The number of piperidine rings is 1. The lowest BCUT2D eigenvalue weighted by atomic mass is 9.78. The lowest BCUT2D eigenvalue weighted by Gasteiger charge is -2.42. The molecule has 14 nitrogen and oxygen atoms in total. The molecule has 3 heterocycles. The van der Waals surface area contributed by atoms with E-state index in [4.69, 9.17) is 14.2 Å². The monoisotopic (exact) mass is 886 g/mol. The Morgan fingerprint density at radius 1 is 0.857 bits per heavy atom. The number of ketones is 3. The van der Waals surface area contributed by atoms with Gasteiger partial charge in [0.25, 0.3) is 11.7 Å². The quantitative estimate of drug-likeness (QED) is 0.145. The third kappa shape index (κ3) is 13.8. The molecule has 2 saturated heterocycles. The molecule has 1 unspecified atom stereocenters. The molecule has 1 amide bonds. The Bertz CT molecular complexity index is 1720. The van der Waals surface area contributed by atoms with Gasteiger partial charge in [0.15, 0.2) is 5.78 Å². The van der Waals surface area contributed by atoms with Crippen LogP contribution in [0.4, 0.5) is 0 Å². The van der Waals surface area contributed by atoms with Crippen LogP contribution in [0, 0.1) is 35.5 Å². The molecule has 354 valence electrons. The number of Topliss-reactive ketones (excluding diaryl/α,β-unsaturated/α-hetero) is 3. The van der Waals surface area contributed by atoms with Gasteiger partial charge in [-0.25, -0.2) is 4.79 Å². The van der Waals surface area contributed by atoms with E-state index < -0.39 is 89.6 Å². The van der Waals surface area contributed by atoms with Crippen LogP contribution in [0.3, 0.4) is 0 Å². The van der Waals surface area contributed by atoms with E-state index in [0.717, 1.165) is 4.90 Å². The van der Waals surface area contributed by atoms with Gasteiger partial charge >= 0.3 is 5.97 Å². The maximum atomic E-state index is 14.3. The predicted octanol–water partition coefficient (Wildman–Crippen LogP) is 4.87. The van der Waals surface area contributed by atoms with Gasteiger partial charge in [0, 0.05) is 44.2 Å². The van der Waals surface area contributed by atoms with Crippen LogP contribution in [-0.4, -0.2) is 128 Å². The number of esters is 1. The zero-order chi connectivity index (χ0) is 46.8. The minimum atomic E-state index is -2.49. The smallest absolute Gasteiger partial charge is 0.329 e. The van der Waals surface area contributed by atoms with Gasteiger partial charge in [0.1, 0.15) is 30.1 Å². The first-order valence-electron chi connectivity index (χ1n) is 23.2. The molecule has 15 atom stereocenters. The van der Waals surface area contributed by atoms with Crippen LogP contribution >= 0.6 is 0 Å². The van der Waals surface area contributed by atoms with E-state index >= 15 is 0 Å². The summed E-state index contributed by atoms with van der Waals surface area (Å²) in [5.74, 6) is -8.87. The maximum absolute atomic E-state index is 14.3. The second kappa shape index (κ2) is 23.7. The predicted molar refractivity (Wildman–Crippen MR) is 236 cm³/mol. The van der Waals surface area contributed by atoms with Gasteiger partial charge in [0.05, 0.1) is 24.4 Å². The summed E-state index contributed by atoms with van der Waals surface area (Å²) in [5, 5.41) is 55.4. The number of nitrogens with zero attached hydrogens (tertiary/aromatic N) is 1. The number of cyclic esters (lactones) is 1. The van der Waals surface area contributed by atoms with Crippen LogP contribution in [0.25, 0.3) is 0 Å². The summed E-state index contributed by atoms with van der Waals surface area (Å²) in [6.07, 6.45) is 8.19. The van der Waals surface area contributed by atoms with Crippen LogP contribution in [0.2, 0.25) is 0 Å². The molecule has 1 aliphatic carbocycles. The summed E-state index contributed by atoms with van der Waals surface area (Å²) >= 11 is 0. The van der Waals surface area contributed by atoms with Crippen molar-refractivity contribution in [2.75, 3.05) is 13.7 Å². The van der Waals surface area contributed by atoms with Gasteiger partial charge in [-0.15, -0.1) is 0 Å². The number of carbonyl (C=O) groups is 5. The minimum Gasteiger partial charge on any atom is -0.460 e. The van der Waals surface area contributed by atoms with Crippen molar-refractivity contribution in [2.24, 2.45) is 35.5 Å². The highest BCUT2D eigenvalue weighted by Crippen LogP contribution is 2.37. The molecule has 3 fully saturated rings. The van der Waals surface area contributed by atoms with Crippen molar-refractivity contribution in [1.82, 2.24) is 4.90 Å². The zero-order valence-corrected chi connectivity index (χ0v) is 38.7. The second-order valence-corrected chi connectivity index (χ2v) is 19.2. The Labute approximate surface area is 373 Å². The molecule has 2 bridgehead atoms. The van der Waals surface area contributed by atoms with E-state index in [9.17, 15) is 49.5 Å². The van der Waals surface area contributed by atoms with Crippen molar-refractivity contribution in [1.29, 1.82) is 0 Å². The number of hydrogen-bond acceptors (Lipinski definition) is 13. The van der Waals surface area contributed by atoms with Crippen molar-refractivity contribution < 1.29 is 63.7 Å². The topological polar surface area (TPSA) is 217 Å². The highest BCUT2D eigenvalue weighted by atomic mass is 16.6. The molecule has 4 rings (SSSR count). The fourth-order valence-corrected chi connectivity index (χ4v) is 9.62. The van der Waals surface area contributed by atoms with E-state index in [1.807, 2.05) is 26.0 Å². The molecule has 0 aromatic carbocycles. The summed E-state index contributed by atoms with van der Waals surface area (Å²) in [7, 11) is 1.55. The third-order valence-corrected chi connectivity index (χ3v) is 14.0. The highest BCUT2D eigenvalue weighted by Gasteiger charge is 2.53. The van der Waals surface area contributed by atoms with Gasteiger partial charge in [-0.05, 0) is 107 Å². The first-order chi connectivity index (χ1) is 29.7. The maximum Gasteiger partial charge on any atom is 0.329 e. The van der Waals surface area contributed by atoms with Gasteiger partial charge in [-0.1, -0.05) is 71.1 Å². The standard InChI is InChI=1S/C49H75NO13/c1-28-14-10-9-11-15-29(2)39(52)26-36-19-17-34(7)49(60,63-36)46(57)47(58)50-21-13-12-16-37(50)48(59)62-41(31(4)24-35-18-20-38(51)42(25-35)61-8)27-40(53)30(3)23-33(6)44(55)45(56)43(54)32(5)22-28/h9-11,14-15,23,28,30-32,34-39,41-42,44-45,51-52,55-56,60H,12-13,16-22,24-27H2,1-8H3/b11-9+,14-10+,29-15+,33-23+/t28-,30-,31-,32-,34-,35+,36+,37?,38-,39+,41+,42-,44-,45+,49-/m1/s1. The molecule has 63 heavy (non-hydrogen) atoms. The molecule has 0 radical (unpaired) electrons. The normalized spacial score (nSPS) is 41.3.